The quantitative estimate of drug-likeness (QED) is 0.520. The van der Waals surface area contributed by atoms with Crippen LogP contribution in [0.15, 0.2) is 11.1 Å². The van der Waals surface area contributed by atoms with Crippen molar-refractivity contribution in [2.45, 2.75) is 56.8 Å². The molecule has 2 rings (SSSR count). The summed E-state index contributed by atoms with van der Waals surface area (Å²) in [5.74, 6) is -0.195. The summed E-state index contributed by atoms with van der Waals surface area (Å²) in [5.41, 5.74) is 3.25. The molecule has 1 aliphatic rings. The number of nitrogen functional groups attached to an aromatic ring is 1. The first kappa shape index (κ1) is 15.8. The maximum absolute atomic E-state index is 11.8. The van der Waals surface area contributed by atoms with Gasteiger partial charge in [-0.15, -0.1) is 0 Å². The Kier molecular flexibility index (Phi) is 4.28. The van der Waals surface area contributed by atoms with Crippen molar-refractivity contribution in [1.82, 2.24) is 14.5 Å². The van der Waals surface area contributed by atoms with E-state index in [0.717, 1.165) is 10.9 Å². The van der Waals surface area contributed by atoms with Crippen molar-refractivity contribution in [3.05, 3.63) is 16.8 Å². The van der Waals surface area contributed by atoms with Crippen LogP contribution in [0.4, 0.5) is 5.95 Å². The third kappa shape index (κ3) is 2.64. The first-order valence-electron chi connectivity index (χ1n) is 6.78. The van der Waals surface area contributed by atoms with Crippen LogP contribution in [0.2, 0.25) is 0 Å². The minimum absolute atomic E-state index is 0.195. The second-order valence-corrected chi connectivity index (χ2v) is 5.14. The molecule has 9 heteroatoms. The zero-order valence-corrected chi connectivity index (χ0v) is 11.9. The van der Waals surface area contributed by atoms with E-state index in [1.807, 2.05) is 0 Å². The summed E-state index contributed by atoms with van der Waals surface area (Å²) in [5, 5.41) is 30.7. The molecule has 1 aromatic rings. The van der Waals surface area contributed by atoms with Gasteiger partial charge in [-0.25, -0.2) is 9.78 Å². The fraction of sp³-hybridized carbons (Fsp3) is 0.750. The van der Waals surface area contributed by atoms with E-state index in [1.165, 1.54) is 0 Å². The monoisotopic (exact) mass is 300 g/mol. The summed E-state index contributed by atoms with van der Waals surface area (Å²) < 4.78 is 6.47. The Hall–Kier alpha value is -1.55. The number of anilines is 1. The van der Waals surface area contributed by atoms with Gasteiger partial charge < -0.3 is 25.8 Å². The van der Waals surface area contributed by atoms with Gasteiger partial charge in [-0.1, -0.05) is 13.8 Å². The van der Waals surface area contributed by atoms with Crippen LogP contribution in [0.1, 0.15) is 32.9 Å². The fourth-order valence-electron chi connectivity index (χ4n) is 2.52. The molecule has 0 aromatic carbocycles. The topological polar surface area (TPSA) is 144 Å². The van der Waals surface area contributed by atoms with Crippen LogP contribution in [0.5, 0.6) is 0 Å². The Labute approximate surface area is 121 Å². The predicted molar refractivity (Wildman–Crippen MR) is 72.2 cm³/mol. The van der Waals surface area contributed by atoms with Gasteiger partial charge in [0, 0.05) is 0 Å². The van der Waals surface area contributed by atoms with Gasteiger partial charge in [0.1, 0.15) is 24.6 Å². The summed E-state index contributed by atoms with van der Waals surface area (Å²) in [7, 11) is 0. The summed E-state index contributed by atoms with van der Waals surface area (Å²) >= 11 is 0. The molecule has 0 aliphatic carbocycles. The molecule has 0 bridgehead atoms. The SMILES string of the molecule is CCC(O)(CC)[C@H]1O[C@@H](n2cnc(N)nc2=O)[C@H](O)[C@@H]1O. The van der Waals surface area contributed by atoms with Gasteiger partial charge in [-0.3, -0.25) is 4.57 Å². The maximum Gasteiger partial charge on any atom is 0.354 e. The van der Waals surface area contributed by atoms with Crippen LogP contribution < -0.4 is 11.4 Å². The van der Waals surface area contributed by atoms with Gasteiger partial charge in [0.15, 0.2) is 6.23 Å². The average Bonchev–Trinajstić information content (AvgIpc) is 2.75. The lowest BCUT2D eigenvalue weighted by Crippen LogP contribution is -2.48. The van der Waals surface area contributed by atoms with Gasteiger partial charge in [0.2, 0.25) is 5.95 Å². The third-order valence-corrected chi connectivity index (χ3v) is 4.01. The number of hydrogen-bond donors (Lipinski definition) is 4. The number of aromatic nitrogens is 3. The van der Waals surface area contributed by atoms with Crippen molar-refractivity contribution in [1.29, 1.82) is 0 Å². The van der Waals surface area contributed by atoms with E-state index in [0.29, 0.717) is 12.8 Å². The van der Waals surface area contributed by atoms with Crippen molar-refractivity contribution >= 4 is 5.95 Å². The zero-order chi connectivity index (χ0) is 15.8. The lowest BCUT2D eigenvalue weighted by atomic mass is 9.87. The largest absolute Gasteiger partial charge is 0.387 e. The van der Waals surface area contributed by atoms with Crippen LogP contribution in [-0.4, -0.2) is 53.8 Å². The van der Waals surface area contributed by atoms with Crippen molar-refractivity contribution in [2.75, 3.05) is 5.73 Å². The minimum Gasteiger partial charge on any atom is -0.387 e. The Morgan fingerprint density at radius 3 is 2.52 bits per heavy atom. The van der Waals surface area contributed by atoms with Gasteiger partial charge >= 0.3 is 5.69 Å². The molecule has 4 atom stereocenters. The molecule has 5 N–H and O–H groups in total. The summed E-state index contributed by atoms with van der Waals surface area (Å²) in [6, 6.07) is 0. The van der Waals surface area contributed by atoms with E-state index in [1.54, 1.807) is 13.8 Å². The smallest absolute Gasteiger partial charge is 0.354 e. The van der Waals surface area contributed by atoms with E-state index in [2.05, 4.69) is 9.97 Å². The maximum atomic E-state index is 11.8. The van der Waals surface area contributed by atoms with Gasteiger partial charge in [0.05, 0.1) is 5.60 Å². The normalized spacial score (nSPS) is 29.8. The van der Waals surface area contributed by atoms with E-state index < -0.39 is 35.8 Å². The molecule has 0 spiro atoms. The minimum atomic E-state index is -1.38. The van der Waals surface area contributed by atoms with E-state index in [-0.39, 0.29) is 5.95 Å². The molecule has 1 saturated heterocycles. The molecule has 1 aliphatic heterocycles. The number of ether oxygens (including phenoxy) is 1. The Morgan fingerprint density at radius 1 is 1.38 bits per heavy atom. The molecule has 1 aromatic heterocycles. The zero-order valence-electron chi connectivity index (χ0n) is 11.9. The summed E-state index contributed by atoms with van der Waals surface area (Å²) in [4.78, 5) is 18.9. The van der Waals surface area contributed by atoms with E-state index in [9.17, 15) is 20.1 Å². The molecule has 118 valence electrons. The average molecular weight is 300 g/mol. The lowest BCUT2D eigenvalue weighted by molar-refractivity contribution is -0.144. The van der Waals surface area contributed by atoms with Crippen LogP contribution in [0.25, 0.3) is 0 Å². The molecule has 0 radical (unpaired) electrons. The highest BCUT2D eigenvalue weighted by Crippen LogP contribution is 2.36. The molecule has 0 unspecified atom stereocenters. The van der Waals surface area contributed by atoms with Crippen LogP contribution >= 0.6 is 0 Å². The molecule has 1 fully saturated rings. The second-order valence-electron chi connectivity index (χ2n) is 5.14. The van der Waals surface area contributed by atoms with Crippen molar-refractivity contribution in [2.24, 2.45) is 0 Å². The summed E-state index contributed by atoms with van der Waals surface area (Å²) in [6.45, 7) is 3.50. The molecule has 0 amide bonds. The van der Waals surface area contributed by atoms with Crippen LogP contribution in [0, 0.1) is 0 Å². The van der Waals surface area contributed by atoms with Crippen LogP contribution in [0.3, 0.4) is 0 Å². The molecule has 9 nitrogen and oxygen atoms in total. The number of aliphatic hydroxyl groups excluding tert-OH is 2. The number of hydrogen-bond acceptors (Lipinski definition) is 8. The highest BCUT2D eigenvalue weighted by Gasteiger charge is 2.52. The van der Waals surface area contributed by atoms with Gasteiger partial charge in [0.25, 0.3) is 0 Å². The standard InChI is InChI=1S/C12H20N4O5/c1-3-12(20,4-2)8-6(17)7(18)9(21-8)16-5-14-10(13)15-11(16)19/h5-9,17-18,20H,3-4H2,1-2H3,(H2,13,15,19)/t6-,7+,8-,9+/m0/s1. The fourth-order valence-corrected chi connectivity index (χ4v) is 2.52. The Balaban J connectivity index is 2.34. The van der Waals surface area contributed by atoms with E-state index in [4.69, 9.17) is 10.5 Å². The number of rotatable bonds is 4. The Morgan fingerprint density at radius 2 is 2.00 bits per heavy atom. The second kappa shape index (κ2) is 5.68. The highest BCUT2D eigenvalue weighted by molar-refractivity contribution is 5.10. The first-order valence-corrected chi connectivity index (χ1v) is 6.78. The molecule has 0 saturated carbocycles. The lowest BCUT2D eigenvalue weighted by Gasteiger charge is -2.33. The molecule has 21 heavy (non-hydrogen) atoms. The number of nitrogens with zero attached hydrogens (tertiary/aromatic N) is 3. The van der Waals surface area contributed by atoms with Crippen molar-refractivity contribution < 1.29 is 20.1 Å². The van der Waals surface area contributed by atoms with E-state index >= 15 is 0 Å². The third-order valence-electron chi connectivity index (χ3n) is 4.01. The predicted octanol–water partition coefficient (Wildman–Crippen LogP) is -1.61. The highest BCUT2D eigenvalue weighted by atomic mass is 16.6. The molecular weight excluding hydrogens is 280 g/mol. The van der Waals surface area contributed by atoms with Crippen molar-refractivity contribution in [3.63, 3.8) is 0 Å². The van der Waals surface area contributed by atoms with Crippen molar-refractivity contribution in [3.8, 4) is 0 Å². The Bertz CT molecular complexity index is 559. The molecular formula is C12H20N4O5. The summed E-state index contributed by atoms with van der Waals surface area (Å²) in [6.07, 6.45) is -3.16. The first-order chi connectivity index (χ1) is 9.84. The van der Waals surface area contributed by atoms with Gasteiger partial charge in [-0.2, -0.15) is 4.98 Å². The van der Waals surface area contributed by atoms with Crippen LogP contribution in [-0.2, 0) is 4.74 Å². The molecule has 2 heterocycles. The number of nitrogens with two attached hydrogens (primary N) is 1. The number of aliphatic hydroxyl groups is 3. The van der Waals surface area contributed by atoms with Gasteiger partial charge in [-0.05, 0) is 12.8 Å².